The number of nitrogens with zero attached hydrogens (tertiary/aromatic N) is 1. The highest BCUT2D eigenvalue weighted by Gasteiger charge is 2.20. The van der Waals surface area contributed by atoms with Crippen molar-refractivity contribution in [1.29, 1.82) is 0 Å². The molecule has 1 rings (SSSR count). The van der Waals surface area contributed by atoms with Crippen LogP contribution in [0.25, 0.3) is 0 Å². The van der Waals surface area contributed by atoms with Gasteiger partial charge < -0.3 is 4.74 Å². The zero-order chi connectivity index (χ0) is 15.0. The molecule has 0 saturated heterocycles. The molecule has 0 aliphatic carbocycles. The molecule has 0 bridgehead atoms. The van der Waals surface area contributed by atoms with Crippen molar-refractivity contribution in [3.63, 3.8) is 0 Å². The number of nitrogens with one attached hydrogen (secondary N) is 1. The van der Waals surface area contributed by atoms with Gasteiger partial charge in [-0.05, 0) is 10.0 Å². The van der Waals surface area contributed by atoms with Crippen LogP contribution in [-0.2, 0) is 31.3 Å². The second-order valence-corrected chi connectivity index (χ2v) is 5.04. The summed E-state index contributed by atoms with van der Waals surface area (Å²) in [4.78, 5) is 15.6. The van der Waals surface area contributed by atoms with Crippen LogP contribution in [0.15, 0.2) is 30.3 Å². The molecule has 20 heavy (non-hydrogen) atoms. The summed E-state index contributed by atoms with van der Waals surface area (Å²) in [6.07, 6.45) is 0.00114. The van der Waals surface area contributed by atoms with E-state index < -0.39 is 16.3 Å². The summed E-state index contributed by atoms with van der Waals surface area (Å²) >= 11 is 0. The van der Waals surface area contributed by atoms with Gasteiger partial charge in [-0.3, -0.25) is 9.35 Å². The van der Waals surface area contributed by atoms with Crippen molar-refractivity contribution in [3.05, 3.63) is 35.9 Å². The van der Waals surface area contributed by atoms with Crippen LogP contribution in [0.5, 0.6) is 0 Å². The van der Waals surface area contributed by atoms with E-state index in [0.29, 0.717) is 10.0 Å². The minimum Gasteiger partial charge on any atom is -0.469 e. The van der Waals surface area contributed by atoms with Crippen molar-refractivity contribution in [2.24, 2.45) is 0 Å². The average Bonchev–Trinajstić information content (AvgIpc) is 2.41. The van der Waals surface area contributed by atoms with E-state index in [9.17, 15) is 13.2 Å². The highest BCUT2D eigenvalue weighted by atomic mass is 32.2. The lowest BCUT2D eigenvalue weighted by Gasteiger charge is -2.17. The van der Waals surface area contributed by atoms with E-state index in [2.05, 4.69) is 10.2 Å². The van der Waals surface area contributed by atoms with Crippen molar-refractivity contribution in [1.82, 2.24) is 9.95 Å². The third kappa shape index (κ3) is 6.08. The largest absolute Gasteiger partial charge is 0.469 e. The number of carbonyl (C=O) groups is 1. The first-order valence-electron chi connectivity index (χ1n) is 5.69. The Morgan fingerprint density at radius 1 is 1.35 bits per heavy atom. The average molecular weight is 304 g/mol. The number of ether oxygens (including phenoxy) is 1. The maximum atomic E-state index is 11.1. The number of hydrogen-bond donors (Lipinski definition) is 2. The molecule has 0 atom stereocenters. The van der Waals surface area contributed by atoms with Crippen molar-refractivity contribution < 1.29 is 27.4 Å². The van der Waals surface area contributed by atoms with Gasteiger partial charge in [0.15, 0.2) is 0 Å². The Bertz CT molecular complexity index is 519. The van der Waals surface area contributed by atoms with Gasteiger partial charge in [-0.15, -0.1) is 0 Å². The Labute approximate surface area is 117 Å². The highest BCUT2D eigenvalue weighted by molar-refractivity contribution is 7.83. The minimum atomic E-state index is -4.54. The van der Waals surface area contributed by atoms with E-state index in [1.165, 1.54) is 7.11 Å². The molecule has 8 nitrogen and oxygen atoms in total. The molecule has 0 aliphatic rings. The van der Waals surface area contributed by atoms with E-state index in [0.717, 1.165) is 0 Å². The molecule has 0 aliphatic heterocycles. The Balaban J connectivity index is 2.52. The van der Waals surface area contributed by atoms with Gasteiger partial charge in [-0.2, -0.15) is 18.8 Å². The molecule has 0 heterocycles. The number of benzene rings is 1. The van der Waals surface area contributed by atoms with Crippen LogP contribution in [0.4, 0.5) is 0 Å². The third-order valence-corrected chi connectivity index (χ3v) is 2.96. The molecular formula is C11H16N2O6S. The number of hydrogen-bond acceptors (Lipinski definition) is 6. The van der Waals surface area contributed by atoms with Gasteiger partial charge in [-0.1, -0.05) is 30.3 Å². The zero-order valence-corrected chi connectivity index (χ0v) is 11.7. The highest BCUT2D eigenvalue weighted by Crippen LogP contribution is 2.07. The van der Waals surface area contributed by atoms with Crippen molar-refractivity contribution in [3.8, 4) is 0 Å². The lowest BCUT2D eigenvalue weighted by Crippen LogP contribution is -2.36. The summed E-state index contributed by atoms with van der Waals surface area (Å²) in [5, 5.41) is 0. The second-order valence-electron chi connectivity index (χ2n) is 3.74. The predicted molar refractivity (Wildman–Crippen MR) is 69.3 cm³/mol. The molecule has 9 heteroatoms. The monoisotopic (exact) mass is 304 g/mol. The quantitative estimate of drug-likeness (QED) is 0.308. The van der Waals surface area contributed by atoms with Crippen LogP contribution in [0.2, 0.25) is 0 Å². The van der Waals surface area contributed by atoms with E-state index in [-0.39, 0.29) is 19.5 Å². The molecule has 0 spiro atoms. The maximum Gasteiger partial charge on any atom is 0.360 e. The molecule has 1 aromatic rings. The lowest BCUT2D eigenvalue weighted by molar-refractivity contribution is -0.160. The fourth-order valence-electron chi connectivity index (χ4n) is 1.27. The Hall–Kier alpha value is -1.52. The number of esters is 1. The summed E-state index contributed by atoms with van der Waals surface area (Å²) in [6.45, 7) is -0.140. The normalized spacial score (nSPS) is 11.6. The smallest absolute Gasteiger partial charge is 0.360 e. The van der Waals surface area contributed by atoms with Crippen LogP contribution in [-0.4, -0.2) is 37.1 Å². The molecule has 0 amide bonds. The molecule has 0 unspecified atom stereocenters. The van der Waals surface area contributed by atoms with Crippen LogP contribution >= 0.6 is 0 Å². The number of carbonyl (C=O) groups excluding carboxylic acids is 1. The van der Waals surface area contributed by atoms with Gasteiger partial charge in [-0.25, -0.2) is 0 Å². The van der Waals surface area contributed by atoms with Crippen molar-refractivity contribution in [2.75, 3.05) is 13.7 Å². The van der Waals surface area contributed by atoms with E-state index in [1.54, 1.807) is 30.3 Å². The van der Waals surface area contributed by atoms with E-state index >= 15 is 0 Å². The van der Waals surface area contributed by atoms with Crippen LogP contribution < -0.4 is 5.48 Å². The molecule has 0 saturated carbocycles. The number of methoxy groups -OCH3 is 1. The maximum absolute atomic E-state index is 11.1. The first-order valence-corrected chi connectivity index (χ1v) is 7.09. The second kappa shape index (κ2) is 7.92. The molecule has 0 aromatic heterocycles. The Morgan fingerprint density at radius 2 is 2.00 bits per heavy atom. The van der Waals surface area contributed by atoms with E-state index in [1.807, 2.05) is 0 Å². The fraction of sp³-hybridized carbons (Fsp3) is 0.364. The van der Waals surface area contributed by atoms with Crippen molar-refractivity contribution >= 4 is 16.3 Å². The summed E-state index contributed by atoms with van der Waals surface area (Å²) in [5.41, 5.74) is 2.89. The number of hydroxylamine groups is 2. The first-order chi connectivity index (χ1) is 9.43. The molecule has 0 fully saturated rings. The Kier molecular flexibility index (Phi) is 6.55. The number of rotatable bonds is 8. The fourth-order valence-corrected chi connectivity index (χ4v) is 1.73. The van der Waals surface area contributed by atoms with Crippen LogP contribution in [0, 0.1) is 0 Å². The van der Waals surface area contributed by atoms with Crippen molar-refractivity contribution in [2.45, 2.75) is 13.0 Å². The van der Waals surface area contributed by atoms with E-state index in [4.69, 9.17) is 9.49 Å². The molecule has 112 valence electrons. The minimum absolute atomic E-state index is 0.00114. The Morgan fingerprint density at radius 3 is 2.55 bits per heavy atom. The summed E-state index contributed by atoms with van der Waals surface area (Å²) in [6, 6.07) is 8.58. The summed E-state index contributed by atoms with van der Waals surface area (Å²) in [7, 11) is -3.30. The first kappa shape index (κ1) is 16.5. The van der Waals surface area contributed by atoms with Crippen LogP contribution in [0.1, 0.15) is 12.0 Å². The van der Waals surface area contributed by atoms with Gasteiger partial charge in [0.25, 0.3) is 0 Å². The van der Waals surface area contributed by atoms with Gasteiger partial charge in [0, 0.05) is 6.54 Å². The summed E-state index contributed by atoms with van der Waals surface area (Å²) in [5.74, 6) is -0.470. The predicted octanol–water partition coefficient (Wildman–Crippen LogP) is 0.291. The SMILES string of the molecule is COC(=O)CCNON(Cc1ccccc1)S(=O)(=O)O. The third-order valence-electron chi connectivity index (χ3n) is 2.24. The zero-order valence-electron chi connectivity index (χ0n) is 10.9. The summed E-state index contributed by atoms with van der Waals surface area (Å²) < 4.78 is 36.1. The van der Waals surface area contributed by atoms with Gasteiger partial charge in [0.2, 0.25) is 0 Å². The molecule has 0 radical (unpaired) electrons. The van der Waals surface area contributed by atoms with Crippen LogP contribution in [0.3, 0.4) is 0 Å². The topological polar surface area (TPSA) is 105 Å². The van der Waals surface area contributed by atoms with Gasteiger partial charge >= 0.3 is 16.3 Å². The standard InChI is InChI=1S/C11H16N2O6S/c1-18-11(14)7-8-12-19-13(20(15,16)17)9-10-5-3-2-4-6-10/h2-6,12H,7-9H2,1H3,(H,15,16,17). The van der Waals surface area contributed by atoms with Gasteiger partial charge in [0.1, 0.15) is 0 Å². The molecule has 2 N–H and O–H groups in total. The molecular weight excluding hydrogens is 288 g/mol. The lowest BCUT2D eigenvalue weighted by atomic mass is 10.2. The van der Waals surface area contributed by atoms with Gasteiger partial charge in [0.05, 0.1) is 20.1 Å². The molecule has 1 aromatic carbocycles.